The van der Waals surface area contributed by atoms with E-state index in [1.807, 2.05) is 30.3 Å². The van der Waals surface area contributed by atoms with Gasteiger partial charge in [-0.3, -0.25) is 0 Å². The van der Waals surface area contributed by atoms with Gasteiger partial charge in [0.05, 0.1) is 22.4 Å². The fraction of sp³-hybridized carbons (Fsp3) is 0.333. The van der Waals surface area contributed by atoms with Gasteiger partial charge in [0.2, 0.25) is 0 Å². The zero-order valence-electron chi connectivity index (χ0n) is 10.9. The van der Waals surface area contributed by atoms with E-state index in [9.17, 15) is 0 Å². The third-order valence-electron chi connectivity index (χ3n) is 3.15. The van der Waals surface area contributed by atoms with Crippen molar-refractivity contribution in [3.8, 4) is 11.5 Å². The van der Waals surface area contributed by atoms with Crippen LogP contribution < -0.4 is 9.47 Å². The van der Waals surface area contributed by atoms with E-state index in [2.05, 4.69) is 22.9 Å². The van der Waals surface area contributed by atoms with E-state index in [0.29, 0.717) is 19.1 Å². The van der Waals surface area contributed by atoms with Crippen molar-refractivity contribution in [1.82, 2.24) is 0 Å². The molecule has 3 rings (SSSR count). The maximum absolute atomic E-state index is 6.55. The zero-order chi connectivity index (χ0) is 14.1. The Labute approximate surface area is 135 Å². The zero-order valence-corrected chi connectivity index (χ0v) is 14.1. The Bertz CT molecular complexity index is 614. The highest BCUT2D eigenvalue weighted by Crippen LogP contribution is 2.39. The Morgan fingerprint density at radius 3 is 2.65 bits per heavy atom. The molecule has 1 aromatic heterocycles. The Morgan fingerprint density at radius 2 is 1.95 bits per heavy atom. The molecule has 2 aromatic rings. The van der Waals surface area contributed by atoms with Crippen molar-refractivity contribution >= 4 is 38.9 Å². The molecule has 1 aliphatic heterocycles. The summed E-state index contributed by atoms with van der Waals surface area (Å²) in [6, 6.07) is 9.99. The normalized spacial score (nSPS) is 19.4. The molecule has 1 aliphatic rings. The van der Waals surface area contributed by atoms with Crippen LogP contribution in [-0.4, -0.2) is 13.2 Å². The molecule has 2 atom stereocenters. The minimum Gasteiger partial charge on any atom is -0.489 e. The van der Waals surface area contributed by atoms with Gasteiger partial charge < -0.3 is 9.47 Å². The number of halogens is 2. The van der Waals surface area contributed by atoms with Gasteiger partial charge in [-0.2, -0.15) is 0 Å². The molecule has 0 saturated heterocycles. The second kappa shape index (κ2) is 5.96. The highest BCUT2D eigenvalue weighted by molar-refractivity contribution is 9.11. The first-order chi connectivity index (χ1) is 9.63. The first-order valence-corrected chi connectivity index (χ1v) is 8.47. The van der Waals surface area contributed by atoms with Crippen molar-refractivity contribution in [2.45, 2.75) is 12.3 Å². The molecular weight excluding hydrogens is 360 g/mol. The minimum atomic E-state index is -0.166. The lowest BCUT2D eigenvalue weighted by atomic mass is 10.1. The molecule has 0 aliphatic carbocycles. The minimum absolute atomic E-state index is 0.166. The number of alkyl halides is 1. The first kappa shape index (κ1) is 14.2. The second-order valence-corrected chi connectivity index (χ2v) is 7.87. The number of benzene rings is 1. The van der Waals surface area contributed by atoms with Gasteiger partial charge in [-0.15, -0.1) is 22.9 Å². The molecule has 106 valence electrons. The van der Waals surface area contributed by atoms with E-state index in [1.165, 1.54) is 0 Å². The average Bonchev–Trinajstić information content (AvgIpc) is 2.80. The molecular formula is C15H14BrClO2S. The van der Waals surface area contributed by atoms with Gasteiger partial charge in [-0.1, -0.05) is 13.0 Å². The van der Waals surface area contributed by atoms with Crippen LogP contribution >= 0.6 is 38.9 Å². The molecule has 0 radical (unpaired) electrons. The predicted octanol–water partition coefficient (Wildman–Crippen LogP) is 5.25. The third-order valence-corrected chi connectivity index (χ3v) is 5.46. The molecule has 1 aromatic carbocycles. The molecule has 0 saturated carbocycles. The third kappa shape index (κ3) is 2.97. The molecule has 2 unspecified atom stereocenters. The van der Waals surface area contributed by atoms with Crippen LogP contribution in [0.5, 0.6) is 11.5 Å². The number of ether oxygens (including phenoxy) is 2. The fourth-order valence-electron chi connectivity index (χ4n) is 2.06. The van der Waals surface area contributed by atoms with Crippen LogP contribution in [0, 0.1) is 5.92 Å². The number of rotatable bonds is 2. The van der Waals surface area contributed by atoms with E-state index in [1.54, 1.807) is 11.3 Å². The molecule has 2 nitrogen and oxygen atoms in total. The number of hydrogen-bond donors (Lipinski definition) is 0. The highest BCUT2D eigenvalue weighted by Gasteiger charge is 2.19. The van der Waals surface area contributed by atoms with Gasteiger partial charge in [-0.05, 0) is 45.8 Å². The molecule has 0 amide bonds. The first-order valence-electron chi connectivity index (χ1n) is 6.42. The van der Waals surface area contributed by atoms with Gasteiger partial charge in [0.1, 0.15) is 0 Å². The summed E-state index contributed by atoms with van der Waals surface area (Å²) in [6.45, 7) is 3.47. The summed E-state index contributed by atoms with van der Waals surface area (Å²) in [6.07, 6.45) is 0. The summed E-state index contributed by atoms with van der Waals surface area (Å²) < 4.78 is 12.6. The van der Waals surface area contributed by atoms with Crippen LogP contribution in [0.3, 0.4) is 0 Å². The Morgan fingerprint density at radius 1 is 1.20 bits per heavy atom. The quantitative estimate of drug-likeness (QED) is 0.670. The van der Waals surface area contributed by atoms with Crippen LogP contribution in [-0.2, 0) is 0 Å². The van der Waals surface area contributed by atoms with Crippen molar-refractivity contribution in [1.29, 1.82) is 0 Å². The maximum atomic E-state index is 6.55. The smallest absolute Gasteiger partial charge is 0.161 e. The van der Waals surface area contributed by atoms with Crippen LogP contribution in [0.1, 0.15) is 22.7 Å². The lowest BCUT2D eigenvalue weighted by molar-refractivity contribution is 0.228. The molecule has 20 heavy (non-hydrogen) atoms. The van der Waals surface area contributed by atoms with E-state index in [-0.39, 0.29) is 5.38 Å². The monoisotopic (exact) mass is 372 g/mol. The van der Waals surface area contributed by atoms with Crippen LogP contribution in [0.4, 0.5) is 0 Å². The van der Waals surface area contributed by atoms with Crippen molar-refractivity contribution in [2.24, 2.45) is 5.92 Å². The van der Waals surface area contributed by atoms with E-state index >= 15 is 0 Å². The van der Waals surface area contributed by atoms with E-state index in [0.717, 1.165) is 25.7 Å². The van der Waals surface area contributed by atoms with E-state index < -0.39 is 0 Å². The van der Waals surface area contributed by atoms with Gasteiger partial charge in [-0.25, -0.2) is 0 Å². The van der Waals surface area contributed by atoms with Crippen LogP contribution in [0.2, 0.25) is 0 Å². The molecule has 0 N–H and O–H groups in total. The van der Waals surface area contributed by atoms with Crippen molar-refractivity contribution in [3.63, 3.8) is 0 Å². The maximum Gasteiger partial charge on any atom is 0.161 e. The lowest BCUT2D eigenvalue weighted by Gasteiger charge is -2.12. The highest BCUT2D eigenvalue weighted by atomic mass is 79.9. The SMILES string of the molecule is CC1COc2ccc(C(Cl)c3ccc(Br)s3)cc2OC1. The number of thiophene rings is 1. The summed E-state index contributed by atoms with van der Waals surface area (Å²) in [5.41, 5.74) is 1.03. The summed E-state index contributed by atoms with van der Waals surface area (Å²) >= 11 is 11.7. The summed E-state index contributed by atoms with van der Waals surface area (Å²) in [5, 5.41) is -0.166. The number of fused-ring (bicyclic) bond motifs is 1. The fourth-order valence-corrected chi connectivity index (χ4v) is 3.83. The van der Waals surface area contributed by atoms with Gasteiger partial charge in [0.25, 0.3) is 0 Å². The van der Waals surface area contributed by atoms with E-state index in [4.69, 9.17) is 21.1 Å². The Kier molecular flexibility index (Phi) is 4.24. The summed E-state index contributed by atoms with van der Waals surface area (Å²) in [7, 11) is 0. The van der Waals surface area contributed by atoms with Crippen molar-refractivity contribution in [2.75, 3.05) is 13.2 Å². The molecule has 2 heterocycles. The van der Waals surface area contributed by atoms with Crippen LogP contribution in [0.15, 0.2) is 34.1 Å². The average molecular weight is 374 g/mol. The molecule has 0 spiro atoms. The molecule has 0 fully saturated rings. The van der Waals surface area contributed by atoms with Gasteiger partial charge in [0.15, 0.2) is 11.5 Å². The standard InChI is InChI=1S/C15H14BrClO2S/c1-9-7-18-11-3-2-10(6-12(11)19-8-9)15(17)13-4-5-14(16)20-13/h2-6,9,15H,7-8H2,1H3. The van der Waals surface area contributed by atoms with Crippen molar-refractivity contribution in [3.05, 3.63) is 44.6 Å². The summed E-state index contributed by atoms with van der Waals surface area (Å²) in [4.78, 5) is 1.11. The lowest BCUT2D eigenvalue weighted by Crippen LogP contribution is -2.12. The van der Waals surface area contributed by atoms with Crippen LogP contribution in [0.25, 0.3) is 0 Å². The van der Waals surface area contributed by atoms with Gasteiger partial charge in [0, 0.05) is 10.8 Å². The van der Waals surface area contributed by atoms with Gasteiger partial charge >= 0.3 is 0 Å². The Balaban J connectivity index is 1.88. The largest absolute Gasteiger partial charge is 0.489 e. The Hall–Kier alpha value is -0.710. The summed E-state index contributed by atoms with van der Waals surface area (Å²) in [5.74, 6) is 1.98. The van der Waals surface area contributed by atoms with Crippen molar-refractivity contribution < 1.29 is 9.47 Å². The topological polar surface area (TPSA) is 18.5 Å². The second-order valence-electron chi connectivity index (χ2n) is 4.94. The molecule has 5 heteroatoms. The molecule has 0 bridgehead atoms. The number of hydrogen-bond acceptors (Lipinski definition) is 3. The predicted molar refractivity (Wildman–Crippen MR) is 86.3 cm³/mol.